The molecule has 2 aliphatic carbocycles. The second-order valence-electron chi connectivity index (χ2n) is 11.6. The molecule has 2 aromatic carbocycles. The lowest BCUT2D eigenvalue weighted by Gasteiger charge is -2.28. The van der Waals surface area contributed by atoms with E-state index in [4.69, 9.17) is 4.74 Å². The maximum Gasteiger partial charge on any atom is 0.386 e. The van der Waals surface area contributed by atoms with Gasteiger partial charge in [0.05, 0.1) is 12.2 Å². The summed E-state index contributed by atoms with van der Waals surface area (Å²) in [6.45, 7) is 3.94. The van der Waals surface area contributed by atoms with Gasteiger partial charge in [-0.2, -0.15) is 8.78 Å². The summed E-state index contributed by atoms with van der Waals surface area (Å²) in [5.74, 6) is 1.34. The molecule has 0 saturated heterocycles. The second-order valence-corrected chi connectivity index (χ2v) is 11.6. The van der Waals surface area contributed by atoms with E-state index in [-0.39, 0.29) is 12.5 Å². The minimum atomic E-state index is -3.66. The number of halogens is 3. The highest BCUT2D eigenvalue weighted by molar-refractivity contribution is 5.30. The molecule has 1 nitrogen and oxygen atoms in total. The van der Waals surface area contributed by atoms with Gasteiger partial charge in [-0.25, -0.2) is 4.39 Å². The monoisotopic (exact) mass is 538 g/mol. The first-order valence-electron chi connectivity index (χ1n) is 15.0. The Morgan fingerprint density at radius 3 is 2.10 bits per heavy atom. The van der Waals surface area contributed by atoms with Gasteiger partial charge in [-0.15, -0.1) is 0 Å². The molecule has 4 rings (SSSR count). The lowest BCUT2D eigenvalue weighted by Crippen LogP contribution is -2.22. The predicted octanol–water partition coefficient (Wildman–Crippen LogP) is 10.6. The van der Waals surface area contributed by atoms with Crippen LogP contribution >= 0.6 is 0 Å². The molecule has 0 bridgehead atoms. The van der Waals surface area contributed by atoms with Crippen molar-refractivity contribution in [2.24, 2.45) is 11.8 Å². The molecule has 2 aromatic rings. The van der Waals surface area contributed by atoms with Gasteiger partial charge in [0.25, 0.3) is 0 Å². The van der Waals surface area contributed by atoms with E-state index < -0.39 is 17.5 Å². The van der Waals surface area contributed by atoms with Gasteiger partial charge < -0.3 is 4.74 Å². The average molecular weight is 539 g/mol. The largest absolute Gasteiger partial charge is 0.386 e. The minimum absolute atomic E-state index is 0.167. The van der Waals surface area contributed by atoms with Gasteiger partial charge in [-0.05, 0) is 137 Å². The zero-order valence-corrected chi connectivity index (χ0v) is 23.7. The van der Waals surface area contributed by atoms with Crippen molar-refractivity contribution in [2.45, 2.75) is 102 Å². The van der Waals surface area contributed by atoms with Gasteiger partial charge in [-0.1, -0.05) is 54.6 Å². The van der Waals surface area contributed by atoms with Crippen LogP contribution in [0.5, 0.6) is 0 Å². The van der Waals surface area contributed by atoms with Crippen molar-refractivity contribution < 1.29 is 17.9 Å². The second kappa shape index (κ2) is 14.3. The topological polar surface area (TPSA) is 9.23 Å². The summed E-state index contributed by atoms with van der Waals surface area (Å²) in [6, 6.07) is 12.5. The molecule has 0 heterocycles. The molecule has 0 unspecified atom stereocenters. The molecule has 0 aliphatic heterocycles. The van der Waals surface area contributed by atoms with Crippen LogP contribution in [0, 0.1) is 17.7 Å². The first kappa shape index (κ1) is 29.6. The number of hydrogen-bond acceptors (Lipinski definition) is 1. The van der Waals surface area contributed by atoms with E-state index in [1.165, 1.54) is 56.2 Å². The van der Waals surface area contributed by atoms with Crippen LogP contribution < -0.4 is 0 Å². The summed E-state index contributed by atoms with van der Waals surface area (Å²) in [7, 11) is 0. The molecule has 2 aliphatic rings. The van der Waals surface area contributed by atoms with Crippen LogP contribution in [0.15, 0.2) is 66.8 Å². The molecule has 39 heavy (non-hydrogen) atoms. The van der Waals surface area contributed by atoms with Gasteiger partial charge in [0.2, 0.25) is 0 Å². The molecule has 2 saturated carbocycles. The Kier molecular flexibility index (Phi) is 10.9. The van der Waals surface area contributed by atoms with Crippen LogP contribution in [0.2, 0.25) is 0 Å². The van der Waals surface area contributed by atoms with Crippen LogP contribution in [-0.4, -0.2) is 6.61 Å². The smallest absolute Gasteiger partial charge is 0.316 e. The minimum Gasteiger partial charge on any atom is -0.316 e. The van der Waals surface area contributed by atoms with Gasteiger partial charge in [-0.3, -0.25) is 0 Å². The standard InChI is InChI=1S/C35H45F3O/c1-3-5-6-8-27-11-15-29(16-12-27)30-17-13-28(14-18-30)23-24-39-35(37,38)33-22-21-32(25-34(33)36)31-19-9-26(7-4-2)10-20-31/h3-5,7,13-14,17-18,21-22,25-27,29,31H,6,8-12,15-16,19-20,23-24H2,1-2H3/b5-3+,7-4+/t26-,27-,29-,31-. The number of hydrogen-bond donors (Lipinski definition) is 0. The molecule has 0 aromatic heterocycles. The summed E-state index contributed by atoms with van der Waals surface area (Å²) >= 11 is 0. The lowest BCUT2D eigenvalue weighted by atomic mass is 9.77. The summed E-state index contributed by atoms with van der Waals surface area (Å²) in [4.78, 5) is 0. The van der Waals surface area contributed by atoms with Gasteiger partial charge >= 0.3 is 6.11 Å². The van der Waals surface area contributed by atoms with E-state index in [2.05, 4.69) is 43.4 Å². The van der Waals surface area contributed by atoms with E-state index in [0.29, 0.717) is 18.3 Å². The number of alkyl halides is 2. The average Bonchev–Trinajstić information content (AvgIpc) is 2.94. The van der Waals surface area contributed by atoms with Crippen LogP contribution in [0.3, 0.4) is 0 Å². The Balaban J connectivity index is 1.24. The molecule has 0 N–H and O–H groups in total. The zero-order chi connectivity index (χ0) is 27.7. The van der Waals surface area contributed by atoms with E-state index in [1.807, 2.05) is 19.1 Å². The van der Waals surface area contributed by atoms with Crippen LogP contribution in [0.4, 0.5) is 13.2 Å². The summed E-state index contributed by atoms with van der Waals surface area (Å²) in [5, 5.41) is 0. The Labute approximate surface area is 233 Å². The first-order valence-corrected chi connectivity index (χ1v) is 15.0. The third kappa shape index (κ3) is 8.33. The normalized spacial score (nSPS) is 24.5. The summed E-state index contributed by atoms with van der Waals surface area (Å²) in [5.41, 5.74) is 2.44. The third-order valence-corrected chi connectivity index (χ3v) is 8.96. The van der Waals surface area contributed by atoms with Crippen LogP contribution in [0.1, 0.15) is 112 Å². The fourth-order valence-electron chi connectivity index (χ4n) is 6.55. The molecule has 0 radical (unpaired) electrons. The van der Waals surface area contributed by atoms with Crippen molar-refractivity contribution in [2.75, 3.05) is 6.61 Å². The Hall–Kier alpha value is -2.33. The maximum atomic E-state index is 14.8. The molecular weight excluding hydrogens is 493 g/mol. The van der Waals surface area contributed by atoms with E-state index in [9.17, 15) is 13.2 Å². The zero-order valence-electron chi connectivity index (χ0n) is 23.7. The number of ether oxygens (including phenoxy) is 1. The number of rotatable bonds is 11. The van der Waals surface area contributed by atoms with Crippen molar-refractivity contribution in [3.8, 4) is 0 Å². The van der Waals surface area contributed by atoms with Crippen LogP contribution in [-0.2, 0) is 17.3 Å². The Morgan fingerprint density at radius 2 is 1.46 bits per heavy atom. The maximum absolute atomic E-state index is 14.8. The number of benzene rings is 2. The quantitative estimate of drug-likeness (QED) is 0.259. The van der Waals surface area contributed by atoms with Gasteiger partial charge in [0.1, 0.15) is 5.82 Å². The lowest BCUT2D eigenvalue weighted by molar-refractivity contribution is -0.249. The van der Waals surface area contributed by atoms with Gasteiger partial charge in [0, 0.05) is 0 Å². The fourth-order valence-corrected chi connectivity index (χ4v) is 6.55. The molecule has 0 atom stereocenters. The van der Waals surface area contributed by atoms with E-state index in [0.717, 1.165) is 42.7 Å². The molecule has 4 heteroatoms. The van der Waals surface area contributed by atoms with E-state index in [1.54, 1.807) is 6.07 Å². The molecular formula is C35H45F3O. The summed E-state index contributed by atoms with van der Waals surface area (Å²) in [6.07, 6.45) is 16.9. The Bertz CT molecular complexity index is 1070. The summed E-state index contributed by atoms with van der Waals surface area (Å²) < 4.78 is 49.3. The fraction of sp³-hybridized carbons (Fsp3) is 0.543. The van der Waals surface area contributed by atoms with E-state index >= 15 is 0 Å². The van der Waals surface area contributed by atoms with Gasteiger partial charge in [0.15, 0.2) is 0 Å². The Morgan fingerprint density at radius 1 is 0.821 bits per heavy atom. The predicted molar refractivity (Wildman–Crippen MR) is 155 cm³/mol. The third-order valence-electron chi connectivity index (χ3n) is 8.96. The van der Waals surface area contributed by atoms with Crippen molar-refractivity contribution in [3.05, 3.63) is 94.8 Å². The molecule has 2 fully saturated rings. The number of allylic oxidation sites excluding steroid dienone is 4. The highest BCUT2D eigenvalue weighted by atomic mass is 19.3. The van der Waals surface area contributed by atoms with Crippen molar-refractivity contribution in [3.63, 3.8) is 0 Å². The molecule has 0 spiro atoms. The molecule has 212 valence electrons. The van der Waals surface area contributed by atoms with Crippen molar-refractivity contribution >= 4 is 0 Å². The van der Waals surface area contributed by atoms with Crippen LogP contribution in [0.25, 0.3) is 0 Å². The molecule has 0 amide bonds. The SMILES string of the molecule is C/C=C/CC[C@H]1CC[C@H](c2ccc(CCOC(F)(F)c3ccc([C@H]4CC[C@H](/C=C/C)CC4)cc3F)cc2)CC1. The van der Waals surface area contributed by atoms with Crippen molar-refractivity contribution in [1.29, 1.82) is 0 Å². The van der Waals surface area contributed by atoms with Crippen molar-refractivity contribution in [1.82, 2.24) is 0 Å². The highest BCUT2D eigenvalue weighted by Crippen LogP contribution is 2.40. The highest BCUT2D eigenvalue weighted by Gasteiger charge is 2.36. The first-order chi connectivity index (χ1) is 18.9.